The minimum absolute atomic E-state index is 0.0793. The van der Waals surface area contributed by atoms with Gasteiger partial charge < -0.3 is 14.5 Å². The van der Waals surface area contributed by atoms with Crippen LogP contribution in [0.25, 0.3) is 11.1 Å². The highest BCUT2D eigenvalue weighted by molar-refractivity contribution is 6.31. The van der Waals surface area contributed by atoms with Gasteiger partial charge in [-0.05, 0) is 72.0 Å². The molecule has 1 aromatic heterocycles. The molecule has 0 aliphatic carbocycles. The number of anilines is 1. The first-order valence-corrected chi connectivity index (χ1v) is 10.9. The van der Waals surface area contributed by atoms with Crippen LogP contribution in [0.3, 0.4) is 0 Å². The molecule has 1 amide bonds. The van der Waals surface area contributed by atoms with Crippen LogP contribution in [-0.4, -0.2) is 17.5 Å². The maximum Gasteiger partial charge on any atom is 0.262 e. The number of fused-ring (bicyclic) bond motifs is 1. The highest BCUT2D eigenvalue weighted by Gasteiger charge is 2.10. The molecule has 0 saturated carbocycles. The van der Waals surface area contributed by atoms with E-state index in [1.54, 1.807) is 18.2 Å². The third kappa shape index (κ3) is 5.29. The second kappa shape index (κ2) is 9.45. The number of oxazole rings is 1. The van der Waals surface area contributed by atoms with Crippen LogP contribution in [0.1, 0.15) is 42.3 Å². The summed E-state index contributed by atoms with van der Waals surface area (Å²) in [6.07, 6.45) is 0.582. The number of carbonyl (C=O) groups excluding carboxylic acids is 1. The summed E-state index contributed by atoms with van der Waals surface area (Å²) in [5.74, 6) is 1.49. The Bertz CT molecular complexity index is 1250. The summed E-state index contributed by atoms with van der Waals surface area (Å²) in [7, 11) is 0. The largest absolute Gasteiger partial charge is 0.484 e. The lowest BCUT2D eigenvalue weighted by atomic mass is 10.0. The van der Waals surface area contributed by atoms with Crippen LogP contribution in [0.15, 0.2) is 65.1 Å². The van der Waals surface area contributed by atoms with Gasteiger partial charge in [0.05, 0.1) is 0 Å². The highest BCUT2D eigenvalue weighted by Crippen LogP contribution is 2.24. The Morgan fingerprint density at radius 2 is 1.88 bits per heavy atom. The Morgan fingerprint density at radius 1 is 1.09 bits per heavy atom. The summed E-state index contributed by atoms with van der Waals surface area (Å²) in [4.78, 5) is 16.8. The molecule has 5 nitrogen and oxygen atoms in total. The molecule has 0 saturated heterocycles. The number of hydrogen-bond acceptors (Lipinski definition) is 4. The van der Waals surface area contributed by atoms with Gasteiger partial charge in [0.25, 0.3) is 5.91 Å². The summed E-state index contributed by atoms with van der Waals surface area (Å²) in [6.45, 7) is 6.13. The Kier molecular flexibility index (Phi) is 6.47. The zero-order valence-electron chi connectivity index (χ0n) is 18.3. The molecule has 32 heavy (non-hydrogen) atoms. The number of carbonyl (C=O) groups is 1. The molecule has 4 aromatic rings. The topological polar surface area (TPSA) is 64.4 Å². The molecule has 0 atom stereocenters. The standard InChI is InChI=1S/C26H25ClN2O3/c1-16(2)19-6-11-24-23(14-19)29-26(32-24)13-18-4-7-20(8-5-18)28-25(30)15-31-21-9-10-22(27)17(3)12-21/h4-12,14,16H,13,15H2,1-3H3,(H,28,30). The summed E-state index contributed by atoms with van der Waals surface area (Å²) >= 11 is 6.01. The Hall–Kier alpha value is -3.31. The predicted molar refractivity (Wildman–Crippen MR) is 128 cm³/mol. The van der Waals surface area contributed by atoms with Crippen molar-refractivity contribution in [3.05, 3.63) is 88.3 Å². The van der Waals surface area contributed by atoms with E-state index in [4.69, 9.17) is 20.8 Å². The first kappa shape index (κ1) is 21.9. The second-order valence-electron chi connectivity index (χ2n) is 8.11. The first-order valence-electron chi connectivity index (χ1n) is 10.5. The van der Waals surface area contributed by atoms with Crippen molar-refractivity contribution in [1.82, 2.24) is 4.98 Å². The fourth-order valence-electron chi connectivity index (χ4n) is 3.36. The second-order valence-corrected chi connectivity index (χ2v) is 8.52. The molecular weight excluding hydrogens is 424 g/mol. The fourth-order valence-corrected chi connectivity index (χ4v) is 3.48. The molecule has 6 heteroatoms. The van der Waals surface area contributed by atoms with Gasteiger partial charge >= 0.3 is 0 Å². The van der Waals surface area contributed by atoms with Crippen LogP contribution in [0, 0.1) is 6.92 Å². The van der Waals surface area contributed by atoms with Crippen LogP contribution in [0.4, 0.5) is 5.69 Å². The van der Waals surface area contributed by atoms with Gasteiger partial charge in [0.15, 0.2) is 18.1 Å². The number of aromatic nitrogens is 1. The van der Waals surface area contributed by atoms with Crippen molar-refractivity contribution in [3.8, 4) is 5.75 Å². The van der Waals surface area contributed by atoms with E-state index in [1.807, 2.05) is 37.3 Å². The number of aryl methyl sites for hydroxylation is 1. The molecule has 0 fully saturated rings. The van der Waals surface area contributed by atoms with Gasteiger partial charge in [0, 0.05) is 17.1 Å². The quantitative estimate of drug-likeness (QED) is 0.349. The van der Waals surface area contributed by atoms with Gasteiger partial charge in [-0.1, -0.05) is 43.6 Å². The van der Waals surface area contributed by atoms with Gasteiger partial charge in [-0.2, -0.15) is 0 Å². The number of ether oxygens (including phenoxy) is 1. The Balaban J connectivity index is 1.34. The minimum Gasteiger partial charge on any atom is -0.484 e. The molecular formula is C26H25ClN2O3. The van der Waals surface area contributed by atoms with Crippen LogP contribution >= 0.6 is 11.6 Å². The van der Waals surface area contributed by atoms with Crippen LogP contribution in [-0.2, 0) is 11.2 Å². The van der Waals surface area contributed by atoms with Gasteiger partial charge in [0.2, 0.25) is 0 Å². The molecule has 1 N–H and O–H groups in total. The lowest BCUT2D eigenvalue weighted by Crippen LogP contribution is -2.20. The van der Waals surface area contributed by atoms with E-state index in [0.29, 0.717) is 34.7 Å². The van der Waals surface area contributed by atoms with Crippen molar-refractivity contribution in [2.45, 2.75) is 33.1 Å². The van der Waals surface area contributed by atoms with Crippen LogP contribution in [0.5, 0.6) is 5.75 Å². The van der Waals surface area contributed by atoms with E-state index in [0.717, 1.165) is 22.2 Å². The molecule has 0 radical (unpaired) electrons. The molecule has 164 valence electrons. The van der Waals surface area contributed by atoms with Gasteiger partial charge in [-0.15, -0.1) is 0 Å². The molecule has 0 unspecified atom stereocenters. The molecule has 0 spiro atoms. The molecule has 1 heterocycles. The van der Waals surface area contributed by atoms with Crippen molar-refractivity contribution >= 4 is 34.3 Å². The molecule has 4 rings (SSSR count). The number of hydrogen-bond donors (Lipinski definition) is 1. The highest BCUT2D eigenvalue weighted by atomic mass is 35.5. The minimum atomic E-state index is -0.231. The average Bonchev–Trinajstić information content (AvgIpc) is 3.17. The van der Waals surface area contributed by atoms with Crippen molar-refractivity contribution in [2.75, 3.05) is 11.9 Å². The number of rotatable bonds is 7. The smallest absolute Gasteiger partial charge is 0.262 e. The van der Waals surface area contributed by atoms with E-state index in [-0.39, 0.29) is 12.5 Å². The van der Waals surface area contributed by atoms with Gasteiger partial charge in [-0.25, -0.2) is 4.98 Å². The number of nitrogens with zero attached hydrogens (tertiary/aromatic N) is 1. The summed E-state index contributed by atoms with van der Waals surface area (Å²) in [5, 5.41) is 3.51. The predicted octanol–water partition coefficient (Wildman–Crippen LogP) is 6.52. The van der Waals surface area contributed by atoms with Crippen molar-refractivity contribution < 1.29 is 13.9 Å². The summed E-state index contributed by atoms with van der Waals surface area (Å²) < 4.78 is 11.4. The number of nitrogens with one attached hydrogen (secondary N) is 1. The Labute approximate surface area is 192 Å². The maximum absolute atomic E-state index is 12.2. The Morgan fingerprint density at radius 3 is 2.59 bits per heavy atom. The third-order valence-electron chi connectivity index (χ3n) is 5.21. The van der Waals surface area contributed by atoms with E-state index < -0.39 is 0 Å². The first-order chi connectivity index (χ1) is 15.4. The fraction of sp³-hybridized carbons (Fsp3) is 0.231. The van der Waals surface area contributed by atoms with Gasteiger partial charge in [-0.3, -0.25) is 4.79 Å². The zero-order chi connectivity index (χ0) is 22.7. The van der Waals surface area contributed by atoms with Crippen LogP contribution < -0.4 is 10.1 Å². The zero-order valence-corrected chi connectivity index (χ0v) is 19.1. The van der Waals surface area contributed by atoms with Crippen LogP contribution in [0.2, 0.25) is 5.02 Å². The molecule has 0 bridgehead atoms. The van der Waals surface area contributed by atoms with Crippen molar-refractivity contribution in [1.29, 1.82) is 0 Å². The SMILES string of the molecule is Cc1cc(OCC(=O)Nc2ccc(Cc3nc4cc(C(C)C)ccc4o3)cc2)ccc1Cl. The van der Waals surface area contributed by atoms with Gasteiger partial charge in [0.1, 0.15) is 11.3 Å². The van der Waals surface area contributed by atoms with E-state index in [9.17, 15) is 4.79 Å². The van der Waals surface area contributed by atoms with Crippen molar-refractivity contribution in [2.24, 2.45) is 0 Å². The monoisotopic (exact) mass is 448 g/mol. The summed E-state index contributed by atoms with van der Waals surface area (Å²) in [5.41, 5.74) is 5.57. The normalized spacial score (nSPS) is 11.2. The maximum atomic E-state index is 12.2. The summed E-state index contributed by atoms with van der Waals surface area (Å²) in [6, 6.07) is 19.1. The third-order valence-corrected chi connectivity index (χ3v) is 5.64. The van der Waals surface area contributed by atoms with Crippen molar-refractivity contribution in [3.63, 3.8) is 0 Å². The number of benzene rings is 3. The molecule has 0 aliphatic rings. The lowest BCUT2D eigenvalue weighted by molar-refractivity contribution is -0.118. The lowest BCUT2D eigenvalue weighted by Gasteiger charge is -2.09. The van der Waals surface area contributed by atoms with E-state index >= 15 is 0 Å². The molecule has 3 aromatic carbocycles. The number of halogens is 1. The average molecular weight is 449 g/mol. The van der Waals surface area contributed by atoms with E-state index in [1.165, 1.54) is 5.56 Å². The molecule has 0 aliphatic heterocycles. The number of amides is 1. The van der Waals surface area contributed by atoms with E-state index in [2.05, 4.69) is 36.3 Å².